The summed E-state index contributed by atoms with van der Waals surface area (Å²) in [5.41, 5.74) is 3.79. The monoisotopic (exact) mass is 297 g/mol. The van der Waals surface area contributed by atoms with E-state index in [9.17, 15) is 0 Å². The van der Waals surface area contributed by atoms with Crippen molar-refractivity contribution in [3.05, 3.63) is 46.9 Å². The normalized spacial score (nSPS) is 13.9. The smallest absolute Gasteiger partial charge is 0.132 e. The summed E-state index contributed by atoms with van der Waals surface area (Å²) >= 11 is 0. The fourth-order valence-electron chi connectivity index (χ4n) is 2.89. The number of aryl methyl sites for hydroxylation is 2. The first-order valence-electron chi connectivity index (χ1n) is 7.97. The fourth-order valence-corrected chi connectivity index (χ4v) is 2.89. The first kappa shape index (κ1) is 14.8. The quantitative estimate of drug-likeness (QED) is 0.866. The van der Waals surface area contributed by atoms with Crippen molar-refractivity contribution >= 4 is 5.82 Å². The zero-order chi connectivity index (χ0) is 15.5. The molecule has 22 heavy (non-hydrogen) atoms. The van der Waals surface area contributed by atoms with E-state index in [1.165, 1.54) is 11.1 Å². The van der Waals surface area contributed by atoms with E-state index in [2.05, 4.69) is 46.1 Å². The van der Waals surface area contributed by atoms with Crippen LogP contribution in [0.2, 0.25) is 0 Å². The van der Waals surface area contributed by atoms with Gasteiger partial charge in [0.25, 0.3) is 0 Å². The molecule has 2 heterocycles. The number of benzene rings is 1. The molecule has 1 aromatic heterocycles. The number of ether oxygens (including phenoxy) is 1. The van der Waals surface area contributed by atoms with Gasteiger partial charge in [-0.3, -0.25) is 0 Å². The third-order valence-electron chi connectivity index (χ3n) is 3.94. The molecule has 1 aliphatic rings. The van der Waals surface area contributed by atoms with Gasteiger partial charge in [0.1, 0.15) is 17.4 Å². The molecule has 1 aliphatic heterocycles. The first-order valence-corrected chi connectivity index (χ1v) is 7.97. The second-order valence-electron chi connectivity index (χ2n) is 5.87. The second-order valence-corrected chi connectivity index (χ2v) is 5.87. The average Bonchev–Trinajstić information content (AvgIpc) is 2.51. The van der Waals surface area contributed by atoms with Gasteiger partial charge in [-0.15, -0.1) is 0 Å². The lowest BCUT2D eigenvalue weighted by atomic mass is 9.99. The number of anilines is 1. The Balaban J connectivity index is 1.79. The van der Waals surface area contributed by atoms with Gasteiger partial charge >= 0.3 is 0 Å². The maximum atomic E-state index is 5.73. The van der Waals surface area contributed by atoms with Crippen LogP contribution < -0.4 is 9.64 Å². The Bertz CT molecular complexity index is 649. The molecule has 0 spiro atoms. The number of hydrogen-bond acceptors (Lipinski definition) is 4. The van der Waals surface area contributed by atoms with Crippen molar-refractivity contribution < 1.29 is 4.74 Å². The Hall–Kier alpha value is -2.10. The van der Waals surface area contributed by atoms with Crippen molar-refractivity contribution in [3.8, 4) is 5.75 Å². The van der Waals surface area contributed by atoms with E-state index in [1.54, 1.807) is 0 Å². The van der Waals surface area contributed by atoms with Gasteiger partial charge in [-0.05, 0) is 49.9 Å². The fraction of sp³-hybridized carbons (Fsp3) is 0.444. The molecule has 4 heteroatoms. The summed E-state index contributed by atoms with van der Waals surface area (Å²) in [4.78, 5) is 11.3. The highest BCUT2D eigenvalue weighted by Gasteiger charge is 2.18. The minimum atomic E-state index is 0.782. The molecule has 0 amide bonds. The Morgan fingerprint density at radius 2 is 2.00 bits per heavy atom. The maximum Gasteiger partial charge on any atom is 0.132 e. The van der Waals surface area contributed by atoms with E-state index in [0.717, 1.165) is 55.6 Å². The Morgan fingerprint density at radius 3 is 2.77 bits per heavy atom. The van der Waals surface area contributed by atoms with E-state index in [0.29, 0.717) is 0 Å². The molecular formula is C18H23N3O. The van der Waals surface area contributed by atoms with E-state index in [-0.39, 0.29) is 0 Å². The molecule has 116 valence electrons. The van der Waals surface area contributed by atoms with Crippen molar-refractivity contribution in [2.24, 2.45) is 0 Å². The molecule has 0 bridgehead atoms. The largest absolute Gasteiger partial charge is 0.494 e. The number of aromatic nitrogens is 2. The molecule has 2 aromatic rings. The zero-order valence-electron chi connectivity index (χ0n) is 13.6. The molecule has 0 aliphatic carbocycles. The van der Waals surface area contributed by atoms with Gasteiger partial charge in [0.05, 0.1) is 6.61 Å². The summed E-state index contributed by atoms with van der Waals surface area (Å²) in [7, 11) is 0. The summed E-state index contributed by atoms with van der Waals surface area (Å²) in [5.74, 6) is 2.86. The first-order chi connectivity index (χ1) is 10.7. The molecule has 0 atom stereocenters. The highest BCUT2D eigenvalue weighted by atomic mass is 16.5. The maximum absolute atomic E-state index is 5.73. The minimum Gasteiger partial charge on any atom is -0.494 e. The Labute approximate surface area is 132 Å². The highest BCUT2D eigenvalue weighted by molar-refractivity contribution is 5.46. The van der Waals surface area contributed by atoms with Crippen LogP contribution >= 0.6 is 0 Å². The predicted molar refractivity (Wildman–Crippen MR) is 88.5 cm³/mol. The lowest BCUT2D eigenvalue weighted by molar-refractivity contribution is 0.317. The van der Waals surface area contributed by atoms with E-state index in [4.69, 9.17) is 4.74 Å². The molecule has 4 nitrogen and oxygen atoms in total. The van der Waals surface area contributed by atoms with Crippen molar-refractivity contribution in [3.63, 3.8) is 0 Å². The summed E-state index contributed by atoms with van der Waals surface area (Å²) in [6, 6.07) is 8.53. The molecule has 1 aromatic carbocycles. The zero-order valence-corrected chi connectivity index (χ0v) is 13.6. The lowest BCUT2D eigenvalue weighted by Crippen LogP contribution is -2.31. The molecular weight excluding hydrogens is 274 g/mol. The summed E-state index contributed by atoms with van der Waals surface area (Å²) < 4.78 is 5.73. The van der Waals surface area contributed by atoms with Gasteiger partial charge in [0.2, 0.25) is 0 Å². The van der Waals surface area contributed by atoms with Crippen molar-refractivity contribution in [2.75, 3.05) is 18.1 Å². The van der Waals surface area contributed by atoms with Gasteiger partial charge in [-0.25, -0.2) is 9.97 Å². The van der Waals surface area contributed by atoms with Crippen molar-refractivity contribution in [2.45, 2.75) is 40.2 Å². The molecule has 0 radical (unpaired) electrons. The van der Waals surface area contributed by atoms with Gasteiger partial charge in [-0.2, -0.15) is 0 Å². The number of hydrogen-bond donors (Lipinski definition) is 0. The molecule has 0 saturated carbocycles. The van der Waals surface area contributed by atoms with Crippen molar-refractivity contribution in [1.82, 2.24) is 9.97 Å². The number of nitrogens with zero attached hydrogens (tertiary/aromatic N) is 3. The van der Waals surface area contributed by atoms with Crippen LogP contribution in [-0.4, -0.2) is 23.1 Å². The van der Waals surface area contributed by atoms with E-state index < -0.39 is 0 Å². The summed E-state index contributed by atoms with van der Waals surface area (Å²) in [6.45, 7) is 8.77. The number of fused-ring (bicyclic) bond motifs is 1. The topological polar surface area (TPSA) is 38.2 Å². The molecule has 0 N–H and O–H groups in total. The molecule has 0 saturated heterocycles. The lowest BCUT2D eigenvalue weighted by Gasteiger charge is -2.30. The van der Waals surface area contributed by atoms with Crippen LogP contribution in [0.1, 0.15) is 36.0 Å². The Morgan fingerprint density at radius 1 is 1.14 bits per heavy atom. The second kappa shape index (κ2) is 6.34. The third-order valence-corrected chi connectivity index (χ3v) is 3.94. The van der Waals surface area contributed by atoms with E-state index in [1.807, 2.05) is 13.8 Å². The van der Waals surface area contributed by atoms with Crippen LogP contribution in [0, 0.1) is 13.8 Å². The van der Waals surface area contributed by atoms with Gasteiger partial charge < -0.3 is 9.64 Å². The molecule has 3 rings (SSSR count). The highest BCUT2D eigenvalue weighted by Crippen LogP contribution is 2.26. The standard InChI is InChI=1S/C18H23N3O/c1-4-9-22-17-6-5-16-12-21(8-7-15(16)11-17)18-10-13(2)19-14(3)20-18/h5-6,10-11H,4,7-9,12H2,1-3H3. The SMILES string of the molecule is CCCOc1ccc2c(c1)CCN(c1cc(C)nc(C)n1)C2. The average molecular weight is 297 g/mol. The molecule has 0 fully saturated rings. The molecule has 0 unspecified atom stereocenters. The van der Waals surface area contributed by atoms with Gasteiger partial charge in [-0.1, -0.05) is 13.0 Å². The van der Waals surface area contributed by atoms with Crippen LogP contribution in [0.4, 0.5) is 5.82 Å². The van der Waals surface area contributed by atoms with E-state index >= 15 is 0 Å². The van der Waals surface area contributed by atoms with Crippen LogP contribution in [0.5, 0.6) is 5.75 Å². The predicted octanol–water partition coefficient (Wildman–Crippen LogP) is 3.44. The Kier molecular flexibility index (Phi) is 4.27. The summed E-state index contributed by atoms with van der Waals surface area (Å²) in [5, 5.41) is 0. The van der Waals surface area contributed by atoms with Gasteiger partial charge in [0.15, 0.2) is 0 Å². The minimum absolute atomic E-state index is 0.782. The third kappa shape index (κ3) is 3.21. The van der Waals surface area contributed by atoms with Crippen molar-refractivity contribution in [1.29, 1.82) is 0 Å². The number of rotatable bonds is 4. The van der Waals surface area contributed by atoms with Crippen LogP contribution in [0.15, 0.2) is 24.3 Å². The van der Waals surface area contributed by atoms with Crippen LogP contribution in [0.3, 0.4) is 0 Å². The van der Waals surface area contributed by atoms with Crippen LogP contribution in [-0.2, 0) is 13.0 Å². The van der Waals surface area contributed by atoms with Gasteiger partial charge in [0, 0.05) is 24.8 Å². The van der Waals surface area contributed by atoms with Crippen LogP contribution in [0.25, 0.3) is 0 Å². The summed E-state index contributed by atoms with van der Waals surface area (Å²) in [6.07, 6.45) is 2.07.